The van der Waals surface area contributed by atoms with E-state index in [4.69, 9.17) is 10.5 Å². The van der Waals surface area contributed by atoms with Crippen LogP contribution >= 0.6 is 0 Å². The lowest BCUT2D eigenvalue weighted by atomic mass is 9.99. The summed E-state index contributed by atoms with van der Waals surface area (Å²) in [7, 11) is 0. The number of nitrogens with zero attached hydrogens (tertiary/aromatic N) is 1. The highest BCUT2D eigenvalue weighted by Gasteiger charge is 2.28. The van der Waals surface area contributed by atoms with E-state index in [0.29, 0.717) is 25.6 Å². The van der Waals surface area contributed by atoms with E-state index in [2.05, 4.69) is 0 Å². The van der Waals surface area contributed by atoms with Crippen LogP contribution in [0.15, 0.2) is 0 Å². The number of rotatable bonds is 3. The van der Waals surface area contributed by atoms with E-state index >= 15 is 0 Å². The van der Waals surface area contributed by atoms with Crippen molar-refractivity contribution in [2.75, 3.05) is 19.7 Å². The number of ether oxygens (including phenoxy) is 1. The maximum absolute atomic E-state index is 11.2. The van der Waals surface area contributed by atoms with Crippen LogP contribution in [-0.4, -0.2) is 36.7 Å². The smallest absolute Gasteiger partial charge is 0.409 e. The molecule has 1 saturated carbocycles. The van der Waals surface area contributed by atoms with Gasteiger partial charge in [0.15, 0.2) is 0 Å². The van der Waals surface area contributed by atoms with Crippen LogP contribution in [0, 0.1) is 5.92 Å². The molecule has 4 heteroatoms. The lowest BCUT2D eigenvalue weighted by Gasteiger charge is -2.23. The highest BCUT2D eigenvalue weighted by Crippen LogP contribution is 2.27. The molecule has 2 rings (SSSR count). The van der Waals surface area contributed by atoms with Crippen molar-refractivity contribution in [2.45, 2.75) is 31.7 Å². The van der Waals surface area contributed by atoms with Crippen LogP contribution in [0.5, 0.6) is 0 Å². The predicted molar refractivity (Wildman–Crippen MR) is 52.9 cm³/mol. The van der Waals surface area contributed by atoms with E-state index < -0.39 is 0 Å². The van der Waals surface area contributed by atoms with Crippen molar-refractivity contribution >= 4 is 6.09 Å². The van der Waals surface area contributed by atoms with Gasteiger partial charge in [-0.15, -0.1) is 0 Å². The first-order valence-corrected chi connectivity index (χ1v) is 5.44. The Labute approximate surface area is 84.4 Å². The minimum Gasteiger partial charge on any atom is -0.448 e. The molecular weight excluding hydrogens is 180 g/mol. The number of nitrogens with two attached hydrogens (primary N) is 1. The minimum atomic E-state index is -0.196. The van der Waals surface area contributed by atoms with Crippen LogP contribution in [0.1, 0.15) is 25.7 Å². The third-order valence-electron chi connectivity index (χ3n) is 3.28. The Morgan fingerprint density at radius 3 is 2.79 bits per heavy atom. The van der Waals surface area contributed by atoms with Crippen LogP contribution in [0.2, 0.25) is 0 Å². The average molecular weight is 198 g/mol. The molecule has 1 atom stereocenters. The molecule has 14 heavy (non-hydrogen) atoms. The van der Waals surface area contributed by atoms with Gasteiger partial charge in [0, 0.05) is 12.6 Å². The number of hydrogen-bond acceptors (Lipinski definition) is 3. The molecule has 0 aromatic rings. The van der Waals surface area contributed by atoms with Crippen molar-refractivity contribution in [1.29, 1.82) is 0 Å². The van der Waals surface area contributed by atoms with Gasteiger partial charge in [-0.05, 0) is 18.8 Å². The van der Waals surface area contributed by atoms with E-state index in [0.717, 1.165) is 0 Å². The van der Waals surface area contributed by atoms with Crippen molar-refractivity contribution in [3.63, 3.8) is 0 Å². The molecule has 4 nitrogen and oxygen atoms in total. The zero-order valence-electron chi connectivity index (χ0n) is 8.45. The van der Waals surface area contributed by atoms with E-state index in [-0.39, 0.29) is 12.1 Å². The topological polar surface area (TPSA) is 55.6 Å². The SMILES string of the molecule is NC(CN1CCOC1=O)C1CCCC1. The molecule has 1 aliphatic heterocycles. The summed E-state index contributed by atoms with van der Waals surface area (Å²) >= 11 is 0. The van der Waals surface area contributed by atoms with Gasteiger partial charge < -0.3 is 15.4 Å². The van der Waals surface area contributed by atoms with E-state index in [1.165, 1.54) is 25.7 Å². The fraction of sp³-hybridized carbons (Fsp3) is 0.900. The Kier molecular flexibility index (Phi) is 2.91. The first-order valence-electron chi connectivity index (χ1n) is 5.44. The van der Waals surface area contributed by atoms with E-state index in [1.807, 2.05) is 0 Å². The lowest BCUT2D eigenvalue weighted by molar-refractivity contribution is 0.154. The summed E-state index contributed by atoms with van der Waals surface area (Å²) in [5, 5.41) is 0. The Morgan fingerprint density at radius 1 is 1.50 bits per heavy atom. The molecule has 1 saturated heterocycles. The lowest BCUT2D eigenvalue weighted by Crippen LogP contribution is -2.42. The van der Waals surface area contributed by atoms with Crippen LogP contribution in [-0.2, 0) is 4.74 Å². The summed E-state index contributed by atoms with van der Waals surface area (Å²) in [5.74, 6) is 0.614. The Morgan fingerprint density at radius 2 is 2.21 bits per heavy atom. The molecule has 0 bridgehead atoms. The molecule has 0 spiro atoms. The van der Waals surface area contributed by atoms with Crippen LogP contribution in [0.4, 0.5) is 4.79 Å². The van der Waals surface area contributed by atoms with E-state index in [9.17, 15) is 4.79 Å². The molecule has 2 aliphatic rings. The van der Waals surface area contributed by atoms with Gasteiger partial charge in [-0.25, -0.2) is 4.79 Å². The Balaban J connectivity index is 1.80. The summed E-state index contributed by atoms with van der Waals surface area (Å²) in [4.78, 5) is 12.9. The molecule has 2 N–H and O–H groups in total. The van der Waals surface area contributed by atoms with Gasteiger partial charge in [0.1, 0.15) is 6.61 Å². The third-order valence-corrected chi connectivity index (χ3v) is 3.28. The highest BCUT2D eigenvalue weighted by atomic mass is 16.6. The number of cyclic esters (lactones) is 1. The van der Waals surface area contributed by atoms with Crippen molar-refractivity contribution in [1.82, 2.24) is 4.90 Å². The minimum absolute atomic E-state index is 0.142. The molecular formula is C10H18N2O2. The maximum Gasteiger partial charge on any atom is 0.409 e. The van der Waals surface area contributed by atoms with Crippen LogP contribution in [0.25, 0.3) is 0 Å². The maximum atomic E-state index is 11.2. The van der Waals surface area contributed by atoms with Gasteiger partial charge in [0.2, 0.25) is 0 Å². The number of amides is 1. The van der Waals surface area contributed by atoms with Gasteiger partial charge in [0.25, 0.3) is 0 Å². The predicted octanol–water partition coefficient (Wildman–Crippen LogP) is 0.956. The van der Waals surface area contributed by atoms with Gasteiger partial charge in [-0.2, -0.15) is 0 Å². The molecule has 0 aromatic heterocycles. The van der Waals surface area contributed by atoms with Gasteiger partial charge in [-0.3, -0.25) is 0 Å². The first-order chi connectivity index (χ1) is 6.77. The van der Waals surface area contributed by atoms with E-state index in [1.54, 1.807) is 4.90 Å². The monoisotopic (exact) mass is 198 g/mol. The average Bonchev–Trinajstić information content (AvgIpc) is 2.77. The van der Waals surface area contributed by atoms with Crippen molar-refractivity contribution in [3.05, 3.63) is 0 Å². The van der Waals surface area contributed by atoms with Crippen molar-refractivity contribution < 1.29 is 9.53 Å². The van der Waals surface area contributed by atoms with Gasteiger partial charge in [-0.1, -0.05) is 12.8 Å². The molecule has 1 unspecified atom stereocenters. The fourth-order valence-corrected chi connectivity index (χ4v) is 2.38. The highest BCUT2D eigenvalue weighted by molar-refractivity contribution is 5.69. The van der Waals surface area contributed by atoms with Crippen molar-refractivity contribution in [2.24, 2.45) is 11.7 Å². The summed E-state index contributed by atoms with van der Waals surface area (Å²) in [6, 6.07) is 0.142. The van der Waals surface area contributed by atoms with Crippen LogP contribution in [0.3, 0.4) is 0 Å². The second-order valence-corrected chi connectivity index (χ2v) is 4.27. The summed E-state index contributed by atoms with van der Waals surface area (Å²) < 4.78 is 4.86. The number of carbonyl (C=O) groups is 1. The zero-order chi connectivity index (χ0) is 9.97. The summed E-state index contributed by atoms with van der Waals surface area (Å²) in [5.41, 5.74) is 6.07. The van der Waals surface area contributed by atoms with Crippen molar-refractivity contribution in [3.8, 4) is 0 Å². The summed E-state index contributed by atoms with van der Waals surface area (Å²) in [6.07, 6.45) is 4.85. The van der Waals surface area contributed by atoms with Crippen LogP contribution < -0.4 is 5.73 Å². The molecule has 80 valence electrons. The van der Waals surface area contributed by atoms with Gasteiger partial charge in [0.05, 0.1) is 6.54 Å². The van der Waals surface area contributed by atoms with Gasteiger partial charge >= 0.3 is 6.09 Å². The third kappa shape index (κ3) is 2.00. The Bertz CT molecular complexity index is 214. The zero-order valence-corrected chi connectivity index (χ0v) is 8.45. The normalized spacial score (nSPS) is 25.5. The quantitative estimate of drug-likeness (QED) is 0.734. The molecule has 1 amide bonds. The standard InChI is InChI=1S/C10H18N2O2/c11-9(8-3-1-2-4-8)7-12-5-6-14-10(12)13/h8-9H,1-7,11H2. The second-order valence-electron chi connectivity index (χ2n) is 4.27. The fourth-order valence-electron chi connectivity index (χ4n) is 2.38. The number of carbonyl (C=O) groups excluding carboxylic acids is 1. The largest absolute Gasteiger partial charge is 0.448 e. The molecule has 0 aromatic carbocycles. The molecule has 2 fully saturated rings. The summed E-state index contributed by atoms with van der Waals surface area (Å²) in [6.45, 7) is 1.90. The number of hydrogen-bond donors (Lipinski definition) is 1. The molecule has 0 radical (unpaired) electrons. The Hall–Kier alpha value is -0.770. The second kappa shape index (κ2) is 4.17. The molecule has 1 aliphatic carbocycles. The first kappa shape index (κ1) is 9.77. The molecule has 1 heterocycles.